The van der Waals surface area contributed by atoms with Gasteiger partial charge < -0.3 is 9.84 Å². The van der Waals surface area contributed by atoms with E-state index in [1.807, 2.05) is 29.8 Å². The highest BCUT2D eigenvalue weighted by Gasteiger charge is 2.13. The fourth-order valence-corrected chi connectivity index (χ4v) is 2.74. The smallest absolute Gasteiger partial charge is 0.123 e. The molecule has 0 aliphatic heterocycles. The van der Waals surface area contributed by atoms with Crippen molar-refractivity contribution in [1.29, 1.82) is 0 Å². The highest BCUT2D eigenvalue weighted by molar-refractivity contribution is 5.38. The molecule has 1 aromatic carbocycles. The van der Waals surface area contributed by atoms with E-state index >= 15 is 0 Å². The van der Waals surface area contributed by atoms with Gasteiger partial charge in [-0.3, -0.25) is 4.68 Å². The van der Waals surface area contributed by atoms with Gasteiger partial charge in [0.2, 0.25) is 0 Å². The van der Waals surface area contributed by atoms with E-state index in [4.69, 9.17) is 4.74 Å². The Labute approximate surface area is 126 Å². The zero-order chi connectivity index (χ0) is 15.6. The third-order valence-corrected chi connectivity index (χ3v) is 3.99. The number of aliphatic hydroxyl groups excluding tert-OH is 1. The fourth-order valence-electron chi connectivity index (χ4n) is 2.74. The molecule has 0 amide bonds. The van der Waals surface area contributed by atoms with Crippen molar-refractivity contribution >= 4 is 0 Å². The number of rotatable bonds is 5. The van der Waals surface area contributed by atoms with E-state index in [1.54, 1.807) is 14.0 Å². The van der Waals surface area contributed by atoms with Crippen molar-refractivity contribution in [3.05, 3.63) is 46.3 Å². The molecule has 4 nitrogen and oxygen atoms in total. The minimum Gasteiger partial charge on any atom is -0.496 e. The molecule has 2 aromatic rings. The van der Waals surface area contributed by atoms with Gasteiger partial charge >= 0.3 is 0 Å². The minimum absolute atomic E-state index is 0.485. The molecule has 1 heterocycles. The fraction of sp³-hybridized carbons (Fsp3) is 0.471. The average Bonchev–Trinajstić information content (AvgIpc) is 2.72. The van der Waals surface area contributed by atoms with Gasteiger partial charge in [0, 0.05) is 11.3 Å². The monoisotopic (exact) mass is 288 g/mol. The second-order valence-corrected chi connectivity index (χ2v) is 5.41. The summed E-state index contributed by atoms with van der Waals surface area (Å²) >= 11 is 0. The van der Waals surface area contributed by atoms with Gasteiger partial charge in [0.15, 0.2) is 0 Å². The van der Waals surface area contributed by atoms with Gasteiger partial charge in [0.05, 0.1) is 25.5 Å². The van der Waals surface area contributed by atoms with Crippen LogP contribution in [0.15, 0.2) is 18.2 Å². The lowest BCUT2D eigenvalue weighted by molar-refractivity contribution is 0.199. The number of aliphatic hydroxyl groups is 1. The van der Waals surface area contributed by atoms with Crippen LogP contribution in [-0.2, 0) is 13.0 Å². The lowest BCUT2D eigenvalue weighted by Gasteiger charge is -2.13. The third kappa shape index (κ3) is 3.10. The zero-order valence-corrected chi connectivity index (χ0v) is 13.5. The standard InChI is InChI=1S/C17H24N2O2/c1-6-16-11(2)18-19(12(16)3)10-15-9-14(13(4)20)7-8-17(15)21-5/h7-9,13,20H,6,10H2,1-5H3. The summed E-state index contributed by atoms with van der Waals surface area (Å²) in [5.74, 6) is 0.824. The molecule has 0 saturated carbocycles. The van der Waals surface area contributed by atoms with E-state index in [0.29, 0.717) is 6.54 Å². The van der Waals surface area contributed by atoms with E-state index in [-0.39, 0.29) is 0 Å². The maximum absolute atomic E-state index is 9.76. The number of hydrogen-bond acceptors (Lipinski definition) is 3. The van der Waals surface area contributed by atoms with Crippen molar-refractivity contribution in [2.45, 2.75) is 46.8 Å². The Morgan fingerprint density at radius 1 is 1.33 bits per heavy atom. The molecule has 0 radical (unpaired) electrons. The molecule has 114 valence electrons. The molecule has 0 fully saturated rings. The Kier molecular flexibility index (Phi) is 4.68. The quantitative estimate of drug-likeness (QED) is 0.919. The van der Waals surface area contributed by atoms with Crippen LogP contribution in [0.25, 0.3) is 0 Å². The molecule has 4 heteroatoms. The maximum Gasteiger partial charge on any atom is 0.123 e. The molecule has 1 N–H and O–H groups in total. The Bertz CT molecular complexity index is 630. The van der Waals surface area contributed by atoms with E-state index in [0.717, 1.165) is 29.0 Å². The van der Waals surface area contributed by atoms with Gasteiger partial charge in [-0.15, -0.1) is 0 Å². The molecule has 0 spiro atoms. The first-order valence-corrected chi connectivity index (χ1v) is 7.35. The van der Waals surface area contributed by atoms with Crippen LogP contribution in [0.4, 0.5) is 0 Å². The van der Waals surface area contributed by atoms with Gasteiger partial charge in [0.25, 0.3) is 0 Å². The molecule has 0 aliphatic rings. The van der Waals surface area contributed by atoms with Gasteiger partial charge in [-0.1, -0.05) is 13.0 Å². The minimum atomic E-state index is -0.485. The summed E-state index contributed by atoms with van der Waals surface area (Å²) in [6.45, 7) is 8.71. The summed E-state index contributed by atoms with van der Waals surface area (Å²) in [7, 11) is 1.67. The molecule has 1 atom stereocenters. The summed E-state index contributed by atoms with van der Waals surface area (Å²) in [4.78, 5) is 0. The van der Waals surface area contributed by atoms with Crippen LogP contribution >= 0.6 is 0 Å². The predicted octanol–water partition coefficient (Wildman–Crippen LogP) is 3.17. The average molecular weight is 288 g/mol. The van der Waals surface area contributed by atoms with Crippen LogP contribution in [0.3, 0.4) is 0 Å². The van der Waals surface area contributed by atoms with Gasteiger partial charge in [-0.05, 0) is 50.5 Å². The van der Waals surface area contributed by atoms with Crippen molar-refractivity contribution in [3.63, 3.8) is 0 Å². The van der Waals surface area contributed by atoms with E-state index < -0.39 is 6.10 Å². The van der Waals surface area contributed by atoms with Gasteiger partial charge in [-0.25, -0.2) is 0 Å². The first-order chi connectivity index (χ1) is 9.97. The van der Waals surface area contributed by atoms with Crippen LogP contribution in [0.2, 0.25) is 0 Å². The van der Waals surface area contributed by atoms with Crippen LogP contribution < -0.4 is 4.74 Å². The number of benzene rings is 1. The van der Waals surface area contributed by atoms with Crippen LogP contribution in [-0.4, -0.2) is 22.0 Å². The molecule has 0 bridgehead atoms. The summed E-state index contributed by atoms with van der Waals surface area (Å²) < 4.78 is 7.44. The second kappa shape index (κ2) is 6.31. The Hall–Kier alpha value is -1.81. The van der Waals surface area contributed by atoms with E-state index in [1.165, 1.54) is 11.3 Å². The number of hydrogen-bond donors (Lipinski definition) is 1. The predicted molar refractivity (Wildman–Crippen MR) is 83.8 cm³/mol. The van der Waals surface area contributed by atoms with E-state index in [9.17, 15) is 5.11 Å². The number of aromatic nitrogens is 2. The lowest BCUT2D eigenvalue weighted by Crippen LogP contribution is -2.07. The SMILES string of the molecule is CCc1c(C)nn(Cc2cc(C(C)O)ccc2OC)c1C. The van der Waals surface area contributed by atoms with Crippen molar-refractivity contribution in [1.82, 2.24) is 9.78 Å². The lowest BCUT2D eigenvalue weighted by atomic mass is 10.1. The topological polar surface area (TPSA) is 47.3 Å². The van der Waals surface area contributed by atoms with Crippen molar-refractivity contribution < 1.29 is 9.84 Å². The molecule has 1 aromatic heterocycles. The number of nitrogens with zero attached hydrogens (tertiary/aromatic N) is 2. The van der Waals surface area contributed by atoms with Crippen LogP contribution in [0.5, 0.6) is 5.75 Å². The number of ether oxygens (including phenoxy) is 1. The van der Waals surface area contributed by atoms with Gasteiger partial charge in [-0.2, -0.15) is 5.10 Å². The summed E-state index contributed by atoms with van der Waals surface area (Å²) in [6.07, 6.45) is 0.504. The van der Waals surface area contributed by atoms with Gasteiger partial charge in [0.1, 0.15) is 5.75 Å². The van der Waals surface area contributed by atoms with Crippen molar-refractivity contribution in [2.24, 2.45) is 0 Å². The third-order valence-electron chi connectivity index (χ3n) is 3.99. The maximum atomic E-state index is 9.76. The first kappa shape index (κ1) is 15.6. The van der Waals surface area contributed by atoms with E-state index in [2.05, 4.69) is 18.9 Å². The largest absolute Gasteiger partial charge is 0.496 e. The molecular weight excluding hydrogens is 264 g/mol. The summed E-state index contributed by atoms with van der Waals surface area (Å²) in [5, 5.41) is 14.4. The number of aryl methyl sites for hydroxylation is 1. The number of methoxy groups -OCH3 is 1. The normalized spacial score (nSPS) is 12.5. The molecule has 0 aliphatic carbocycles. The van der Waals surface area contributed by atoms with Crippen molar-refractivity contribution in [2.75, 3.05) is 7.11 Å². The summed E-state index contributed by atoms with van der Waals surface area (Å²) in [5.41, 5.74) is 5.51. The summed E-state index contributed by atoms with van der Waals surface area (Å²) in [6, 6.07) is 5.79. The van der Waals surface area contributed by atoms with Crippen molar-refractivity contribution in [3.8, 4) is 5.75 Å². The highest BCUT2D eigenvalue weighted by Crippen LogP contribution is 2.25. The first-order valence-electron chi connectivity index (χ1n) is 7.35. The Morgan fingerprint density at radius 3 is 2.57 bits per heavy atom. The Balaban J connectivity index is 2.40. The second-order valence-electron chi connectivity index (χ2n) is 5.41. The molecule has 0 saturated heterocycles. The zero-order valence-electron chi connectivity index (χ0n) is 13.5. The molecule has 1 unspecified atom stereocenters. The molecule has 2 rings (SSSR count). The van der Waals surface area contributed by atoms with Crippen LogP contribution in [0, 0.1) is 13.8 Å². The highest BCUT2D eigenvalue weighted by atomic mass is 16.5. The van der Waals surface area contributed by atoms with Crippen LogP contribution in [0.1, 0.15) is 48.0 Å². The Morgan fingerprint density at radius 2 is 2.05 bits per heavy atom. The molecular formula is C17H24N2O2. The molecule has 21 heavy (non-hydrogen) atoms.